The largest absolute Gasteiger partial charge is 0.478 e. The van der Waals surface area contributed by atoms with Gasteiger partial charge in [-0.3, -0.25) is 4.79 Å². The lowest BCUT2D eigenvalue weighted by atomic mass is 10.00. The average molecular weight is 343 g/mol. The van der Waals surface area contributed by atoms with Crippen molar-refractivity contribution in [2.45, 2.75) is 19.3 Å². The van der Waals surface area contributed by atoms with Gasteiger partial charge in [-0.2, -0.15) is 0 Å². The number of carboxylic acids is 1. The van der Waals surface area contributed by atoms with Gasteiger partial charge in [-0.1, -0.05) is 11.6 Å². The van der Waals surface area contributed by atoms with Crippen molar-refractivity contribution in [2.24, 2.45) is 0 Å². The number of halogens is 1. The minimum Gasteiger partial charge on any atom is -0.478 e. The third kappa shape index (κ3) is 3.49. The van der Waals surface area contributed by atoms with Crippen LogP contribution in [0, 0.1) is 0 Å². The molecule has 2 aromatic carbocycles. The zero-order chi connectivity index (χ0) is 17.1. The summed E-state index contributed by atoms with van der Waals surface area (Å²) >= 11 is 5.83. The fourth-order valence-corrected chi connectivity index (χ4v) is 2.84. The smallest absolute Gasteiger partial charge is 0.331 e. The molecule has 24 heavy (non-hydrogen) atoms. The Hall–Kier alpha value is -2.59. The van der Waals surface area contributed by atoms with E-state index in [0.29, 0.717) is 46.9 Å². The second-order valence-corrected chi connectivity index (χ2v) is 5.96. The summed E-state index contributed by atoms with van der Waals surface area (Å²) < 4.78 is 5.68. The first kappa shape index (κ1) is 16.3. The summed E-state index contributed by atoms with van der Waals surface area (Å²) in [4.78, 5) is 23.7. The molecule has 0 bridgehead atoms. The molecule has 1 N–H and O–H groups in total. The molecule has 0 radical (unpaired) electrons. The number of ketones is 1. The van der Waals surface area contributed by atoms with Gasteiger partial charge < -0.3 is 9.84 Å². The van der Waals surface area contributed by atoms with E-state index in [9.17, 15) is 9.59 Å². The first-order valence-electron chi connectivity index (χ1n) is 7.58. The maximum Gasteiger partial charge on any atom is 0.331 e. The van der Waals surface area contributed by atoms with Crippen molar-refractivity contribution in [2.75, 3.05) is 0 Å². The molecule has 0 aromatic heterocycles. The molecule has 0 fully saturated rings. The molecular formula is C19H15ClO4. The third-order valence-electron chi connectivity index (χ3n) is 3.92. The minimum atomic E-state index is -1.00. The van der Waals surface area contributed by atoms with Crippen LogP contribution >= 0.6 is 11.6 Å². The van der Waals surface area contributed by atoms with Gasteiger partial charge in [-0.25, -0.2) is 4.79 Å². The summed E-state index contributed by atoms with van der Waals surface area (Å²) in [6, 6.07) is 13.7. The number of carbonyl (C=O) groups is 2. The van der Waals surface area contributed by atoms with E-state index in [4.69, 9.17) is 21.4 Å². The van der Waals surface area contributed by atoms with E-state index in [-0.39, 0.29) is 11.4 Å². The summed E-state index contributed by atoms with van der Waals surface area (Å²) in [5.74, 6) is 0.0133. The molecule has 0 amide bonds. The van der Waals surface area contributed by atoms with E-state index in [2.05, 4.69) is 0 Å². The predicted octanol–water partition coefficient (Wildman–Crippen LogP) is 4.88. The lowest BCUT2D eigenvalue weighted by Crippen LogP contribution is -2.08. The first-order chi connectivity index (χ1) is 11.5. The molecule has 0 atom stereocenters. The van der Waals surface area contributed by atoms with Crippen LogP contribution in [0.4, 0.5) is 0 Å². The molecule has 122 valence electrons. The second-order valence-electron chi connectivity index (χ2n) is 5.53. The fraction of sp³-hybridized carbons (Fsp3) is 0.158. The standard InChI is InChI=1S/C19H15ClO4/c20-13-6-10-15(11-7-13)24-14-8-4-12(5-9-14)18(21)16-2-1-3-17(16)19(22)23/h4-11H,1-3H2,(H,22,23). The number of benzene rings is 2. The van der Waals surface area contributed by atoms with E-state index >= 15 is 0 Å². The number of aliphatic carboxylic acids is 1. The molecule has 1 aliphatic carbocycles. The second kappa shape index (κ2) is 6.89. The average Bonchev–Trinajstić information content (AvgIpc) is 3.07. The third-order valence-corrected chi connectivity index (χ3v) is 4.17. The topological polar surface area (TPSA) is 63.6 Å². The number of ether oxygens (including phenoxy) is 1. The highest BCUT2D eigenvalue weighted by atomic mass is 35.5. The molecule has 0 saturated carbocycles. The summed E-state index contributed by atoms with van der Waals surface area (Å²) in [6.45, 7) is 0. The van der Waals surface area contributed by atoms with Gasteiger partial charge in [-0.15, -0.1) is 0 Å². The van der Waals surface area contributed by atoms with Crippen molar-refractivity contribution in [3.05, 3.63) is 70.3 Å². The van der Waals surface area contributed by atoms with Gasteiger partial charge >= 0.3 is 5.97 Å². The van der Waals surface area contributed by atoms with E-state index in [1.165, 1.54) is 0 Å². The van der Waals surface area contributed by atoms with Crippen LogP contribution in [0.3, 0.4) is 0 Å². The fourth-order valence-electron chi connectivity index (χ4n) is 2.72. The maximum atomic E-state index is 12.5. The van der Waals surface area contributed by atoms with Crippen molar-refractivity contribution < 1.29 is 19.4 Å². The van der Waals surface area contributed by atoms with Gasteiger partial charge in [0.15, 0.2) is 5.78 Å². The lowest BCUT2D eigenvalue weighted by Gasteiger charge is -2.07. The summed E-state index contributed by atoms with van der Waals surface area (Å²) in [5, 5.41) is 9.79. The number of allylic oxidation sites excluding steroid dienone is 1. The predicted molar refractivity (Wildman–Crippen MR) is 90.8 cm³/mol. The quantitative estimate of drug-likeness (QED) is 0.786. The van der Waals surface area contributed by atoms with E-state index in [1.54, 1.807) is 48.5 Å². The minimum absolute atomic E-state index is 0.219. The Kier molecular flexibility index (Phi) is 4.67. The molecule has 5 heteroatoms. The molecule has 2 aromatic rings. The Labute approximate surface area is 144 Å². The zero-order valence-electron chi connectivity index (χ0n) is 12.8. The molecule has 0 heterocycles. The van der Waals surface area contributed by atoms with Crippen molar-refractivity contribution in [3.8, 4) is 11.5 Å². The number of carbonyl (C=O) groups excluding carboxylic acids is 1. The van der Waals surface area contributed by atoms with Crippen LogP contribution in [0.2, 0.25) is 5.02 Å². The molecular weight excluding hydrogens is 328 g/mol. The van der Waals surface area contributed by atoms with Crippen LogP contribution in [0.25, 0.3) is 0 Å². The molecule has 3 rings (SSSR count). The van der Waals surface area contributed by atoms with Crippen LogP contribution in [-0.2, 0) is 4.79 Å². The van der Waals surface area contributed by atoms with E-state index in [1.807, 2.05) is 0 Å². The number of Topliss-reactive ketones (excluding diaryl/α,β-unsaturated/α-hetero) is 1. The van der Waals surface area contributed by atoms with E-state index in [0.717, 1.165) is 0 Å². The van der Waals surface area contributed by atoms with Gasteiger partial charge in [0, 0.05) is 21.7 Å². The number of hydrogen-bond acceptors (Lipinski definition) is 3. The summed E-state index contributed by atoms with van der Waals surface area (Å²) in [5.41, 5.74) is 1.12. The molecule has 1 aliphatic rings. The highest BCUT2D eigenvalue weighted by Gasteiger charge is 2.25. The molecule has 0 aliphatic heterocycles. The van der Waals surface area contributed by atoms with Crippen molar-refractivity contribution >= 4 is 23.4 Å². The van der Waals surface area contributed by atoms with Crippen molar-refractivity contribution in [3.63, 3.8) is 0 Å². The highest BCUT2D eigenvalue weighted by Crippen LogP contribution is 2.30. The SMILES string of the molecule is O=C(O)C1=C(C(=O)c2ccc(Oc3ccc(Cl)cc3)cc2)CCC1. The Morgan fingerprint density at radius 3 is 2.00 bits per heavy atom. The van der Waals surface area contributed by atoms with Gasteiger partial charge in [0.25, 0.3) is 0 Å². The Morgan fingerprint density at radius 2 is 1.42 bits per heavy atom. The van der Waals surface area contributed by atoms with Crippen LogP contribution in [0.5, 0.6) is 11.5 Å². The molecule has 0 saturated heterocycles. The van der Waals surface area contributed by atoms with Crippen LogP contribution in [-0.4, -0.2) is 16.9 Å². The van der Waals surface area contributed by atoms with Crippen molar-refractivity contribution in [1.29, 1.82) is 0 Å². The molecule has 0 unspecified atom stereocenters. The monoisotopic (exact) mass is 342 g/mol. The number of hydrogen-bond donors (Lipinski definition) is 1. The Bertz CT molecular complexity index is 804. The maximum absolute atomic E-state index is 12.5. The van der Waals surface area contributed by atoms with Gasteiger partial charge in [0.1, 0.15) is 11.5 Å². The van der Waals surface area contributed by atoms with Crippen molar-refractivity contribution in [1.82, 2.24) is 0 Å². The van der Waals surface area contributed by atoms with Gasteiger partial charge in [0.2, 0.25) is 0 Å². The normalized spacial score (nSPS) is 13.9. The van der Waals surface area contributed by atoms with Gasteiger partial charge in [0.05, 0.1) is 0 Å². The Morgan fingerprint density at radius 1 is 0.875 bits per heavy atom. The number of carboxylic acid groups (broad SMARTS) is 1. The van der Waals surface area contributed by atoms with Crippen LogP contribution in [0.15, 0.2) is 59.7 Å². The zero-order valence-corrected chi connectivity index (χ0v) is 13.5. The van der Waals surface area contributed by atoms with Crippen LogP contribution < -0.4 is 4.74 Å². The molecule has 4 nitrogen and oxygen atoms in total. The van der Waals surface area contributed by atoms with E-state index < -0.39 is 5.97 Å². The molecule has 0 spiro atoms. The highest BCUT2D eigenvalue weighted by molar-refractivity contribution is 6.30. The summed E-state index contributed by atoms with van der Waals surface area (Å²) in [7, 11) is 0. The summed E-state index contributed by atoms with van der Waals surface area (Å²) in [6.07, 6.45) is 1.68. The number of rotatable bonds is 5. The van der Waals surface area contributed by atoms with Crippen LogP contribution in [0.1, 0.15) is 29.6 Å². The lowest BCUT2D eigenvalue weighted by molar-refractivity contribution is -0.132. The Balaban J connectivity index is 1.77. The van der Waals surface area contributed by atoms with Gasteiger partial charge in [-0.05, 0) is 67.8 Å². The first-order valence-corrected chi connectivity index (χ1v) is 7.96.